The van der Waals surface area contributed by atoms with Crippen LogP contribution in [0.1, 0.15) is 32.2 Å². The van der Waals surface area contributed by atoms with E-state index in [9.17, 15) is 9.59 Å². The predicted octanol–water partition coefficient (Wildman–Crippen LogP) is 2.97. The maximum Gasteiger partial charge on any atom is 0.379 e. The second kappa shape index (κ2) is 7.89. The Bertz CT molecular complexity index is 932. The van der Waals surface area contributed by atoms with Gasteiger partial charge >= 0.3 is 5.97 Å². The zero-order chi connectivity index (χ0) is 18.4. The lowest BCUT2D eigenvalue weighted by Gasteiger charge is -2.05. The summed E-state index contributed by atoms with van der Waals surface area (Å²) >= 11 is 0. The summed E-state index contributed by atoms with van der Waals surface area (Å²) in [5.74, 6) is -0.620. The van der Waals surface area contributed by atoms with E-state index in [4.69, 9.17) is 9.15 Å². The summed E-state index contributed by atoms with van der Waals surface area (Å²) in [7, 11) is 0. The number of hydrazone groups is 1. The van der Waals surface area contributed by atoms with Crippen molar-refractivity contribution in [2.45, 2.75) is 6.92 Å². The van der Waals surface area contributed by atoms with E-state index in [-0.39, 0.29) is 11.7 Å². The van der Waals surface area contributed by atoms with Crippen molar-refractivity contribution >= 4 is 18.1 Å². The van der Waals surface area contributed by atoms with Crippen LogP contribution in [0.2, 0.25) is 0 Å². The molecule has 2 aromatic heterocycles. The third kappa shape index (κ3) is 4.21. The topological polar surface area (TPSA) is 93.8 Å². The molecule has 26 heavy (non-hydrogen) atoms. The summed E-state index contributed by atoms with van der Waals surface area (Å²) in [4.78, 5) is 28.0. The van der Waals surface area contributed by atoms with E-state index < -0.39 is 5.97 Å². The number of pyridine rings is 1. The fourth-order valence-corrected chi connectivity index (χ4v) is 2.05. The molecule has 0 bridgehead atoms. The van der Waals surface area contributed by atoms with Gasteiger partial charge in [-0.25, -0.2) is 10.2 Å². The quantitative estimate of drug-likeness (QED) is 0.331. The number of nitrogens with one attached hydrogen (secondary N) is 1. The molecule has 3 rings (SSSR count). The van der Waals surface area contributed by atoms with Gasteiger partial charge in [-0.05, 0) is 43.3 Å². The van der Waals surface area contributed by atoms with Crippen molar-refractivity contribution in [2.75, 3.05) is 0 Å². The number of hydrogen-bond acceptors (Lipinski definition) is 6. The number of furan rings is 1. The van der Waals surface area contributed by atoms with Gasteiger partial charge in [-0.1, -0.05) is 12.1 Å². The number of esters is 1. The minimum absolute atomic E-state index is 0.0944. The largest absolute Gasteiger partial charge is 0.457 e. The number of aromatic nitrogens is 1. The molecule has 7 heteroatoms. The van der Waals surface area contributed by atoms with E-state index in [1.165, 1.54) is 24.7 Å². The first-order chi connectivity index (χ1) is 12.6. The van der Waals surface area contributed by atoms with Crippen LogP contribution >= 0.6 is 0 Å². The summed E-state index contributed by atoms with van der Waals surface area (Å²) in [5, 5.41) is 3.90. The maximum atomic E-state index is 12.0. The number of carbonyl (C=O) groups is 2. The monoisotopic (exact) mass is 349 g/mol. The highest BCUT2D eigenvalue weighted by atomic mass is 16.5. The Labute approximate surface area is 149 Å². The maximum absolute atomic E-state index is 12.0. The first-order valence-corrected chi connectivity index (χ1v) is 7.74. The highest BCUT2D eigenvalue weighted by Crippen LogP contribution is 2.17. The Kier molecular flexibility index (Phi) is 5.19. The highest BCUT2D eigenvalue weighted by molar-refractivity contribution is 5.95. The SMILES string of the molecule is Cc1ccc(C(=O)N/N=C/c2ccccc2OC(=O)c2ccco2)cn1. The van der Waals surface area contributed by atoms with Gasteiger partial charge in [0.05, 0.1) is 18.0 Å². The third-order valence-corrected chi connectivity index (χ3v) is 3.39. The molecule has 0 aliphatic carbocycles. The van der Waals surface area contributed by atoms with E-state index in [0.29, 0.717) is 16.9 Å². The Balaban J connectivity index is 1.67. The molecule has 1 amide bonds. The Morgan fingerprint density at radius 1 is 1.15 bits per heavy atom. The van der Waals surface area contributed by atoms with Crippen molar-refractivity contribution in [1.82, 2.24) is 10.4 Å². The zero-order valence-corrected chi connectivity index (χ0v) is 13.9. The second-order valence-corrected chi connectivity index (χ2v) is 5.29. The fourth-order valence-electron chi connectivity index (χ4n) is 2.05. The van der Waals surface area contributed by atoms with Gasteiger partial charge in [0, 0.05) is 17.5 Å². The number of nitrogens with zero attached hydrogens (tertiary/aromatic N) is 2. The summed E-state index contributed by atoms with van der Waals surface area (Å²) < 4.78 is 10.3. The van der Waals surface area contributed by atoms with Crippen LogP contribution in [0, 0.1) is 6.92 Å². The number of para-hydroxylation sites is 1. The minimum Gasteiger partial charge on any atom is -0.457 e. The number of carbonyl (C=O) groups excluding carboxylic acids is 2. The van der Waals surface area contributed by atoms with Gasteiger partial charge in [0.25, 0.3) is 5.91 Å². The van der Waals surface area contributed by atoms with Crippen LogP contribution in [0.4, 0.5) is 0 Å². The van der Waals surface area contributed by atoms with E-state index in [0.717, 1.165) is 5.69 Å². The van der Waals surface area contributed by atoms with E-state index in [1.807, 2.05) is 6.92 Å². The minimum atomic E-state index is -0.620. The zero-order valence-electron chi connectivity index (χ0n) is 13.9. The van der Waals surface area contributed by atoms with Crippen LogP contribution in [-0.4, -0.2) is 23.1 Å². The summed E-state index contributed by atoms with van der Waals surface area (Å²) in [5.41, 5.74) is 4.14. The van der Waals surface area contributed by atoms with Crippen molar-refractivity contribution in [3.8, 4) is 5.75 Å². The van der Waals surface area contributed by atoms with Gasteiger partial charge < -0.3 is 9.15 Å². The van der Waals surface area contributed by atoms with E-state index in [2.05, 4.69) is 15.5 Å². The molecule has 130 valence electrons. The average molecular weight is 349 g/mol. The first-order valence-electron chi connectivity index (χ1n) is 7.74. The number of rotatable bonds is 5. The van der Waals surface area contributed by atoms with Gasteiger partial charge in [-0.2, -0.15) is 5.10 Å². The van der Waals surface area contributed by atoms with E-state index >= 15 is 0 Å². The predicted molar refractivity (Wildman–Crippen MR) is 94.1 cm³/mol. The van der Waals surface area contributed by atoms with Crippen LogP contribution in [0.15, 0.2) is 70.5 Å². The molecule has 0 atom stereocenters. The normalized spacial score (nSPS) is 10.7. The summed E-state index contributed by atoms with van der Waals surface area (Å²) in [6.07, 6.45) is 4.25. The number of benzene rings is 1. The molecular formula is C19H15N3O4. The number of ether oxygens (including phenoxy) is 1. The van der Waals surface area contributed by atoms with Gasteiger partial charge in [-0.15, -0.1) is 0 Å². The molecule has 0 saturated carbocycles. The lowest BCUT2D eigenvalue weighted by atomic mass is 10.2. The molecule has 1 aromatic carbocycles. The Hall–Kier alpha value is -3.74. The Morgan fingerprint density at radius 3 is 2.73 bits per heavy atom. The van der Waals surface area contributed by atoms with Gasteiger partial charge in [0.1, 0.15) is 5.75 Å². The first kappa shape index (κ1) is 17.1. The fraction of sp³-hybridized carbons (Fsp3) is 0.0526. The van der Waals surface area contributed by atoms with Crippen LogP contribution in [0.5, 0.6) is 5.75 Å². The van der Waals surface area contributed by atoms with Crippen LogP contribution in [0.25, 0.3) is 0 Å². The Morgan fingerprint density at radius 2 is 2.00 bits per heavy atom. The van der Waals surface area contributed by atoms with Crippen molar-refractivity contribution in [3.05, 3.63) is 83.6 Å². The molecule has 0 fully saturated rings. The molecule has 7 nitrogen and oxygen atoms in total. The third-order valence-electron chi connectivity index (χ3n) is 3.39. The van der Waals surface area contributed by atoms with E-state index in [1.54, 1.807) is 42.5 Å². The summed E-state index contributed by atoms with van der Waals surface area (Å²) in [6, 6.07) is 13.3. The smallest absolute Gasteiger partial charge is 0.379 e. The van der Waals surface area contributed by atoms with Crippen LogP contribution in [-0.2, 0) is 0 Å². The number of hydrogen-bond donors (Lipinski definition) is 1. The van der Waals surface area contributed by atoms with Gasteiger partial charge in [0.2, 0.25) is 5.76 Å². The molecule has 0 aliphatic rings. The number of aryl methyl sites for hydroxylation is 1. The molecule has 3 aromatic rings. The number of amides is 1. The lowest BCUT2D eigenvalue weighted by molar-refractivity contribution is 0.0701. The molecule has 0 saturated heterocycles. The molecule has 0 spiro atoms. The second-order valence-electron chi connectivity index (χ2n) is 5.29. The van der Waals surface area contributed by atoms with Crippen molar-refractivity contribution in [3.63, 3.8) is 0 Å². The van der Waals surface area contributed by atoms with Crippen LogP contribution in [0.3, 0.4) is 0 Å². The van der Waals surface area contributed by atoms with Gasteiger partial charge in [0.15, 0.2) is 0 Å². The molecule has 2 heterocycles. The average Bonchev–Trinajstić information content (AvgIpc) is 3.18. The molecule has 0 aliphatic heterocycles. The molecular weight excluding hydrogens is 334 g/mol. The van der Waals surface area contributed by atoms with Gasteiger partial charge in [-0.3, -0.25) is 9.78 Å². The highest BCUT2D eigenvalue weighted by Gasteiger charge is 2.13. The molecule has 0 radical (unpaired) electrons. The lowest BCUT2D eigenvalue weighted by Crippen LogP contribution is -2.18. The van der Waals surface area contributed by atoms with Crippen molar-refractivity contribution < 1.29 is 18.7 Å². The summed E-state index contributed by atoms with van der Waals surface area (Å²) in [6.45, 7) is 1.83. The molecule has 1 N–H and O–H groups in total. The van der Waals surface area contributed by atoms with Crippen molar-refractivity contribution in [2.24, 2.45) is 5.10 Å². The molecule has 0 unspecified atom stereocenters. The van der Waals surface area contributed by atoms with Crippen LogP contribution < -0.4 is 10.2 Å². The standard InChI is InChI=1S/C19H15N3O4/c1-13-8-9-15(11-20-13)18(23)22-21-12-14-5-2-3-6-16(14)26-19(24)17-7-4-10-25-17/h2-12H,1H3,(H,22,23)/b21-12+. The van der Waals surface area contributed by atoms with Crippen molar-refractivity contribution in [1.29, 1.82) is 0 Å².